The molecule has 3 rings (SSSR count). The van der Waals surface area contributed by atoms with Gasteiger partial charge in [0.2, 0.25) is 0 Å². The minimum Gasteiger partial charge on any atom is -0.465 e. The quantitative estimate of drug-likeness (QED) is 0.887. The van der Waals surface area contributed by atoms with Crippen LogP contribution in [0.25, 0.3) is 10.9 Å². The van der Waals surface area contributed by atoms with Gasteiger partial charge in [-0.15, -0.1) is 0 Å². The zero-order valence-electron chi connectivity index (χ0n) is 13.6. The molecule has 1 aliphatic heterocycles. The maximum atomic E-state index is 11.1. The third-order valence-corrected chi connectivity index (χ3v) is 4.56. The zero-order valence-corrected chi connectivity index (χ0v) is 14.4. The molecule has 1 fully saturated rings. The Kier molecular flexibility index (Phi) is 4.78. The first-order chi connectivity index (χ1) is 11.5. The summed E-state index contributed by atoms with van der Waals surface area (Å²) in [5.74, 6) is 0.757. The number of nitrogens with zero attached hydrogens (tertiary/aromatic N) is 2. The van der Waals surface area contributed by atoms with Gasteiger partial charge in [0.05, 0.1) is 35.8 Å². The number of ether oxygens (including phenoxy) is 1. The summed E-state index contributed by atoms with van der Waals surface area (Å²) < 4.78 is 5.50. The molecule has 0 unspecified atom stereocenters. The maximum absolute atomic E-state index is 11.1. The van der Waals surface area contributed by atoms with Crippen LogP contribution in [-0.2, 0) is 4.74 Å². The highest BCUT2D eigenvalue weighted by Gasteiger charge is 2.26. The second-order valence-corrected chi connectivity index (χ2v) is 6.41. The third kappa shape index (κ3) is 3.25. The van der Waals surface area contributed by atoms with Gasteiger partial charge in [0, 0.05) is 17.5 Å². The summed E-state index contributed by atoms with van der Waals surface area (Å²) in [7, 11) is 0. The van der Waals surface area contributed by atoms with E-state index in [9.17, 15) is 4.79 Å². The molecule has 2 N–H and O–H groups in total. The molecule has 128 valence electrons. The molecule has 0 radical (unpaired) electrons. The molecule has 2 heterocycles. The number of rotatable bonds is 3. The number of aromatic nitrogens is 1. The molecule has 0 saturated carbocycles. The summed E-state index contributed by atoms with van der Waals surface area (Å²) >= 11 is 6.31. The van der Waals surface area contributed by atoms with Crippen LogP contribution in [0.15, 0.2) is 24.3 Å². The number of nitrogens with one attached hydrogen (secondary N) is 1. The molecule has 7 heteroatoms. The van der Waals surface area contributed by atoms with Crippen LogP contribution in [0.1, 0.15) is 25.5 Å². The molecule has 1 amide bonds. The molecule has 0 bridgehead atoms. The molecule has 1 aromatic heterocycles. The molecule has 2 atom stereocenters. The van der Waals surface area contributed by atoms with E-state index in [1.54, 1.807) is 0 Å². The Bertz CT molecular complexity index is 768. The predicted molar refractivity (Wildman–Crippen MR) is 94.0 cm³/mol. The summed E-state index contributed by atoms with van der Waals surface area (Å²) in [6.07, 6.45) is -1.06. The Morgan fingerprint density at radius 3 is 3.04 bits per heavy atom. The summed E-state index contributed by atoms with van der Waals surface area (Å²) in [6.45, 7) is 5.82. The molecule has 1 aliphatic rings. The van der Waals surface area contributed by atoms with Crippen LogP contribution < -0.4 is 10.2 Å². The second-order valence-electron chi connectivity index (χ2n) is 6.00. The lowest BCUT2D eigenvalue weighted by Gasteiger charge is -2.36. The van der Waals surface area contributed by atoms with E-state index in [0.29, 0.717) is 24.8 Å². The number of morpholine rings is 1. The molecular weight excluding hydrogens is 330 g/mol. The number of carboxylic acid groups (broad SMARTS) is 1. The smallest absolute Gasteiger partial charge is 0.405 e. The van der Waals surface area contributed by atoms with Crippen LogP contribution in [0.3, 0.4) is 0 Å². The van der Waals surface area contributed by atoms with Crippen molar-refractivity contribution in [3.63, 3.8) is 0 Å². The highest BCUT2D eigenvalue weighted by Crippen LogP contribution is 2.33. The zero-order chi connectivity index (χ0) is 17.3. The first kappa shape index (κ1) is 16.8. The molecule has 0 aliphatic carbocycles. The van der Waals surface area contributed by atoms with Crippen molar-refractivity contribution >= 4 is 34.4 Å². The monoisotopic (exact) mass is 349 g/mol. The van der Waals surface area contributed by atoms with Gasteiger partial charge >= 0.3 is 6.09 Å². The van der Waals surface area contributed by atoms with Crippen molar-refractivity contribution in [2.75, 3.05) is 24.7 Å². The van der Waals surface area contributed by atoms with Crippen molar-refractivity contribution in [1.82, 2.24) is 10.3 Å². The van der Waals surface area contributed by atoms with E-state index in [4.69, 9.17) is 26.4 Å². The van der Waals surface area contributed by atoms with E-state index in [1.807, 2.05) is 31.2 Å². The van der Waals surface area contributed by atoms with Crippen molar-refractivity contribution in [2.45, 2.75) is 25.9 Å². The van der Waals surface area contributed by atoms with Gasteiger partial charge in [-0.05, 0) is 26.0 Å². The lowest BCUT2D eigenvalue weighted by molar-refractivity contribution is 0.0984. The lowest BCUT2D eigenvalue weighted by Crippen LogP contribution is -2.45. The van der Waals surface area contributed by atoms with Crippen LogP contribution in [0.2, 0.25) is 5.02 Å². The molecule has 6 nitrogen and oxygen atoms in total. The lowest BCUT2D eigenvalue weighted by atomic mass is 10.0. The number of para-hydroxylation sites is 1. The van der Waals surface area contributed by atoms with Gasteiger partial charge < -0.3 is 20.1 Å². The fourth-order valence-electron chi connectivity index (χ4n) is 3.02. The maximum Gasteiger partial charge on any atom is 0.405 e. The normalized spacial score (nSPS) is 19.3. The SMILES string of the molecule is C[C@H](NC(=O)O)c1cc2cccc(Cl)c2nc1N1CCOC[C@@H]1C. The number of halogens is 1. The standard InChI is InChI=1S/C17H20ClN3O3/c1-10-9-24-7-6-21(10)16-13(11(2)19-17(22)23)8-12-4-3-5-14(18)15(12)20-16/h3-5,8,10-11,19H,6-7,9H2,1-2H3,(H,22,23)/t10-,11-/m0/s1. The molecular formula is C17H20ClN3O3. The van der Waals surface area contributed by atoms with Crippen LogP contribution in [0.5, 0.6) is 0 Å². The molecule has 0 spiro atoms. The van der Waals surface area contributed by atoms with Crippen LogP contribution >= 0.6 is 11.6 Å². The topological polar surface area (TPSA) is 74.7 Å². The first-order valence-electron chi connectivity index (χ1n) is 7.90. The van der Waals surface area contributed by atoms with E-state index < -0.39 is 6.09 Å². The van der Waals surface area contributed by atoms with Gasteiger partial charge in [-0.1, -0.05) is 23.7 Å². The molecule has 1 saturated heterocycles. The Morgan fingerprint density at radius 2 is 2.33 bits per heavy atom. The van der Waals surface area contributed by atoms with Gasteiger partial charge in [-0.25, -0.2) is 9.78 Å². The number of benzene rings is 1. The molecule has 24 heavy (non-hydrogen) atoms. The highest BCUT2D eigenvalue weighted by molar-refractivity contribution is 6.35. The van der Waals surface area contributed by atoms with Gasteiger partial charge in [0.25, 0.3) is 0 Å². The highest BCUT2D eigenvalue weighted by atomic mass is 35.5. The fourth-order valence-corrected chi connectivity index (χ4v) is 3.25. The predicted octanol–water partition coefficient (Wildman–Crippen LogP) is 3.44. The van der Waals surface area contributed by atoms with E-state index in [0.717, 1.165) is 22.3 Å². The van der Waals surface area contributed by atoms with E-state index in [1.165, 1.54) is 0 Å². The van der Waals surface area contributed by atoms with Gasteiger partial charge in [-0.2, -0.15) is 0 Å². The third-order valence-electron chi connectivity index (χ3n) is 4.25. The van der Waals surface area contributed by atoms with E-state index in [-0.39, 0.29) is 12.1 Å². The minimum atomic E-state index is -1.06. The largest absolute Gasteiger partial charge is 0.465 e. The summed E-state index contributed by atoms with van der Waals surface area (Å²) in [5, 5.41) is 13.1. The number of amides is 1. The van der Waals surface area contributed by atoms with Crippen molar-refractivity contribution in [3.8, 4) is 0 Å². The minimum absolute atomic E-state index is 0.155. The van der Waals surface area contributed by atoms with Crippen LogP contribution in [0, 0.1) is 0 Å². The Labute approximate surface area is 145 Å². The Morgan fingerprint density at radius 1 is 1.54 bits per heavy atom. The van der Waals surface area contributed by atoms with Gasteiger partial charge in [0.1, 0.15) is 5.82 Å². The second kappa shape index (κ2) is 6.83. The van der Waals surface area contributed by atoms with Crippen LogP contribution in [-0.4, -0.2) is 42.0 Å². The van der Waals surface area contributed by atoms with Crippen molar-refractivity contribution in [3.05, 3.63) is 34.9 Å². The van der Waals surface area contributed by atoms with Gasteiger partial charge in [0.15, 0.2) is 0 Å². The fraction of sp³-hybridized carbons (Fsp3) is 0.412. The summed E-state index contributed by atoms with van der Waals surface area (Å²) in [5.41, 5.74) is 1.56. The number of pyridine rings is 1. The van der Waals surface area contributed by atoms with Gasteiger partial charge in [-0.3, -0.25) is 0 Å². The number of hydrogen-bond donors (Lipinski definition) is 2. The number of hydrogen-bond acceptors (Lipinski definition) is 4. The van der Waals surface area contributed by atoms with E-state index in [2.05, 4.69) is 17.1 Å². The first-order valence-corrected chi connectivity index (χ1v) is 8.28. The number of fused-ring (bicyclic) bond motifs is 1. The number of anilines is 1. The molecule has 2 aromatic rings. The summed E-state index contributed by atoms with van der Waals surface area (Å²) in [4.78, 5) is 18.0. The van der Waals surface area contributed by atoms with Crippen molar-refractivity contribution < 1.29 is 14.6 Å². The average Bonchev–Trinajstić information content (AvgIpc) is 2.54. The average molecular weight is 350 g/mol. The molecule has 1 aromatic carbocycles. The van der Waals surface area contributed by atoms with Crippen molar-refractivity contribution in [2.24, 2.45) is 0 Å². The summed E-state index contributed by atoms with van der Waals surface area (Å²) in [6, 6.07) is 7.33. The Hall–Kier alpha value is -2.05. The van der Waals surface area contributed by atoms with Crippen molar-refractivity contribution in [1.29, 1.82) is 0 Å². The Balaban J connectivity index is 2.15. The van der Waals surface area contributed by atoms with Crippen LogP contribution in [0.4, 0.5) is 10.6 Å². The van der Waals surface area contributed by atoms with E-state index >= 15 is 0 Å². The number of carbonyl (C=O) groups is 1.